The molecule has 1 saturated carbocycles. The highest BCUT2D eigenvalue weighted by Crippen LogP contribution is 2.46. The van der Waals surface area contributed by atoms with Crippen LogP contribution in [0.3, 0.4) is 0 Å². The normalized spacial score (nSPS) is 20.1. The molecule has 1 unspecified atom stereocenters. The van der Waals surface area contributed by atoms with Gasteiger partial charge < -0.3 is 0 Å². The molecule has 0 bridgehead atoms. The van der Waals surface area contributed by atoms with E-state index in [2.05, 4.69) is 24.2 Å². The van der Waals surface area contributed by atoms with Gasteiger partial charge in [-0.05, 0) is 37.4 Å². The van der Waals surface area contributed by atoms with Gasteiger partial charge in [-0.25, -0.2) is 0 Å². The molecular formula is C14H24ClN3S. The van der Waals surface area contributed by atoms with Crippen molar-refractivity contribution in [1.29, 1.82) is 0 Å². The predicted octanol–water partition coefficient (Wildman–Crippen LogP) is 3.56. The van der Waals surface area contributed by atoms with Crippen LogP contribution in [0.4, 0.5) is 0 Å². The lowest BCUT2D eigenvalue weighted by Gasteiger charge is -2.45. The molecular weight excluding hydrogens is 278 g/mol. The smallest absolute Gasteiger partial charge is 0.0751 e. The van der Waals surface area contributed by atoms with Crippen molar-refractivity contribution in [2.24, 2.45) is 5.84 Å². The molecule has 1 fully saturated rings. The van der Waals surface area contributed by atoms with Crippen molar-refractivity contribution in [3.8, 4) is 0 Å². The molecule has 19 heavy (non-hydrogen) atoms. The number of nitrogens with two attached hydrogens (primary N) is 1. The summed E-state index contributed by atoms with van der Waals surface area (Å²) in [4.78, 5) is 3.73. The fraction of sp³-hybridized carbons (Fsp3) is 0.714. The van der Waals surface area contributed by atoms with Crippen molar-refractivity contribution in [3.63, 3.8) is 0 Å². The minimum absolute atomic E-state index is 0.118. The van der Waals surface area contributed by atoms with Crippen LogP contribution in [-0.2, 0) is 0 Å². The van der Waals surface area contributed by atoms with E-state index in [4.69, 9.17) is 17.4 Å². The van der Waals surface area contributed by atoms with Crippen LogP contribution in [0.15, 0.2) is 11.4 Å². The molecule has 5 heteroatoms. The second-order valence-corrected chi connectivity index (χ2v) is 6.57. The second kappa shape index (κ2) is 6.55. The summed E-state index contributed by atoms with van der Waals surface area (Å²) in [5.41, 5.74) is 3.18. The summed E-state index contributed by atoms with van der Waals surface area (Å²) in [6.07, 6.45) is 4.94. The molecule has 0 amide bonds. The zero-order valence-corrected chi connectivity index (χ0v) is 13.4. The third-order valence-electron chi connectivity index (χ3n) is 4.47. The first kappa shape index (κ1) is 15.3. The Bertz CT molecular complexity index is 397. The van der Waals surface area contributed by atoms with Gasteiger partial charge in [0.2, 0.25) is 0 Å². The van der Waals surface area contributed by atoms with E-state index in [0.29, 0.717) is 0 Å². The maximum Gasteiger partial charge on any atom is 0.0751 e. The van der Waals surface area contributed by atoms with Gasteiger partial charge in [0.1, 0.15) is 0 Å². The molecule has 0 saturated heterocycles. The lowest BCUT2D eigenvalue weighted by molar-refractivity contribution is 0.0639. The second-order valence-electron chi connectivity index (χ2n) is 5.22. The Morgan fingerprint density at radius 2 is 2.05 bits per heavy atom. The minimum Gasteiger partial charge on any atom is -0.296 e. The monoisotopic (exact) mass is 301 g/mol. The van der Waals surface area contributed by atoms with Crippen LogP contribution in [0.5, 0.6) is 0 Å². The lowest BCUT2D eigenvalue weighted by atomic mass is 9.85. The Hall–Kier alpha value is -0.130. The van der Waals surface area contributed by atoms with Crippen LogP contribution < -0.4 is 11.3 Å². The van der Waals surface area contributed by atoms with E-state index >= 15 is 0 Å². The number of nitrogens with zero attached hydrogens (tertiary/aromatic N) is 1. The van der Waals surface area contributed by atoms with Crippen LogP contribution in [0.1, 0.15) is 50.4 Å². The molecule has 1 aromatic rings. The van der Waals surface area contributed by atoms with Gasteiger partial charge in [-0.2, -0.15) is 0 Å². The zero-order chi connectivity index (χ0) is 13.9. The summed E-state index contributed by atoms with van der Waals surface area (Å²) in [6.45, 7) is 6.57. The number of rotatable bonds is 6. The SMILES string of the molecule is CCN(CC)C1(C(NN)c2sccc2Cl)CCCC1. The number of likely N-dealkylation sites (N-methyl/N-ethyl adjacent to an activating group) is 1. The molecule has 3 nitrogen and oxygen atoms in total. The summed E-state index contributed by atoms with van der Waals surface area (Å²) in [5, 5.41) is 2.89. The van der Waals surface area contributed by atoms with Crippen LogP contribution in [-0.4, -0.2) is 23.5 Å². The van der Waals surface area contributed by atoms with Crippen molar-refractivity contribution < 1.29 is 0 Å². The van der Waals surface area contributed by atoms with E-state index in [-0.39, 0.29) is 11.6 Å². The largest absolute Gasteiger partial charge is 0.296 e. The molecule has 108 valence electrons. The molecule has 1 aromatic heterocycles. The first-order valence-corrected chi connectivity index (χ1v) is 8.39. The van der Waals surface area contributed by atoms with Gasteiger partial charge in [-0.1, -0.05) is 38.3 Å². The van der Waals surface area contributed by atoms with E-state index in [0.717, 1.165) is 18.1 Å². The number of hydrazine groups is 1. The van der Waals surface area contributed by atoms with Crippen LogP contribution >= 0.6 is 22.9 Å². The van der Waals surface area contributed by atoms with Gasteiger partial charge in [0, 0.05) is 10.4 Å². The zero-order valence-electron chi connectivity index (χ0n) is 11.8. The fourth-order valence-electron chi connectivity index (χ4n) is 3.61. The molecule has 3 N–H and O–H groups in total. The lowest BCUT2D eigenvalue weighted by Crippen LogP contribution is -2.56. The average molecular weight is 302 g/mol. The number of hydrogen-bond acceptors (Lipinski definition) is 4. The summed E-state index contributed by atoms with van der Waals surface area (Å²) in [5.74, 6) is 5.92. The van der Waals surface area contributed by atoms with E-state index in [1.165, 1.54) is 30.6 Å². The molecule has 1 heterocycles. The summed E-state index contributed by atoms with van der Waals surface area (Å²) < 4.78 is 0. The fourth-order valence-corrected chi connectivity index (χ4v) is 4.95. The number of nitrogens with one attached hydrogen (secondary N) is 1. The van der Waals surface area contributed by atoms with Crippen molar-refractivity contribution >= 4 is 22.9 Å². The van der Waals surface area contributed by atoms with Gasteiger partial charge in [0.15, 0.2) is 0 Å². The molecule has 0 aliphatic heterocycles. The standard InChI is InChI=1S/C14H24ClN3S/c1-3-18(4-2)14(8-5-6-9-14)13(17-16)12-11(15)7-10-19-12/h7,10,13,17H,3-6,8-9,16H2,1-2H3. The molecule has 0 radical (unpaired) electrons. The van der Waals surface area contributed by atoms with E-state index in [1.54, 1.807) is 11.3 Å². The Kier molecular flexibility index (Phi) is 5.26. The molecule has 0 spiro atoms. The number of hydrogen-bond donors (Lipinski definition) is 2. The minimum atomic E-state index is 0.118. The van der Waals surface area contributed by atoms with Gasteiger partial charge in [0.05, 0.1) is 11.1 Å². The first-order valence-electron chi connectivity index (χ1n) is 7.13. The molecule has 0 aromatic carbocycles. The van der Waals surface area contributed by atoms with Crippen LogP contribution in [0, 0.1) is 0 Å². The van der Waals surface area contributed by atoms with Crippen molar-refractivity contribution in [3.05, 3.63) is 21.3 Å². The Balaban J connectivity index is 2.39. The molecule has 1 atom stereocenters. The van der Waals surface area contributed by atoms with Crippen LogP contribution in [0.2, 0.25) is 5.02 Å². The van der Waals surface area contributed by atoms with Crippen molar-refractivity contribution in [2.45, 2.75) is 51.1 Å². The quantitative estimate of drug-likeness (QED) is 0.623. The molecule has 2 rings (SSSR count). The molecule has 1 aliphatic carbocycles. The summed E-state index contributed by atoms with van der Waals surface area (Å²) in [6, 6.07) is 2.10. The Labute approximate surface area is 125 Å². The highest BCUT2D eigenvalue weighted by molar-refractivity contribution is 7.10. The van der Waals surface area contributed by atoms with E-state index in [9.17, 15) is 0 Å². The van der Waals surface area contributed by atoms with Gasteiger partial charge in [-0.3, -0.25) is 16.2 Å². The Morgan fingerprint density at radius 1 is 1.42 bits per heavy atom. The summed E-state index contributed by atoms with van der Waals surface area (Å²) >= 11 is 8.05. The maximum absolute atomic E-state index is 6.34. The number of thiophene rings is 1. The topological polar surface area (TPSA) is 41.3 Å². The number of halogens is 1. The average Bonchev–Trinajstić information content (AvgIpc) is 3.04. The third kappa shape index (κ3) is 2.69. The highest BCUT2D eigenvalue weighted by Gasteiger charge is 2.46. The third-order valence-corrected chi connectivity index (χ3v) is 5.90. The predicted molar refractivity (Wildman–Crippen MR) is 83.5 cm³/mol. The van der Waals surface area contributed by atoms with Crippen LogP contribution in [0.25, 0.3) is 0 Å². The van der Waals surface area contributed by atoms with Crippen molar-refractivity contribution in [1.82, 2.24) is 10.3 Å². The maximum atomic E-state index is 6.34. The summed E-state index contributed by atoms with van der Waals surface area (Å²) in [7, 11) is 0. The van der Waals surface area contributed by atoms with E-state index in [1.807, 2.05) is 11.4 Å². The Morgan fingerprint density at radius 3 is 2.47 bits per heavy atom. The van der Waals surface area contributed by atoms with Crippen molar-refractivity contribution in [2.75, 3.05) is 13.1 Å². The first-order chi connectivity index (χ1) is 9.19. The highest BCUT2D eigenvalue weighted by atomic mass is 35.5. The van der Waals surface area contributed by atoms with Gasteiger partial charge >= 0.3 is 0 Å². The van der Waals surface area contributed by atoms with Gasteiger partial charge in [-0.15, -0.1) is 11.3 Å². The molecule has 1 aliphatic rings. The van der Waals surface area contributed by atoms with Gasteiger partial charge in [0.25, 0.3) is 0 Å². The van der Waals surface area contributed by atoms with E-state index < -0.39 is 0 Å².